The summed E-state index contributed by atoms with van der Waals surface area (Å²) >= 11 is -1.54. The molecular formula is C71H41I3O2S. The Balaban J connectivity index is 0.879. The van der Waals surface area contributed by atoms with Crippen LogP contribution in [0.4, 0.5) is 0 Å². The molecule has 77 heavy (non-hydrogen) atoms. The molecule has 3 aliphatic rings. The minimum Gasteiger partial charge on any atom is -0.456 e. The van der Waals surface area contributed by atoms with E-state index in [2.05, 4.69) is 237 Å². The minimum atomic E-state index is -2.20. The van der Waals surface area contributed by atoms with Crippen LogP contribution in [0.3, 0.4) is 0 Å². The first kappa shape index (κ1) is 45.0. The van der Waals surface area contributed by atoms with Crippen molar-refractivity contribution in [3.8, 4) is 44.5 Å². The van der Waals surface area contributed by atoms with Gasteiger partial charge in [0.25, 0.3) is 0 Å². The zero-order chi connectivity index (χ0) is 50.5. The average molecular weight is 1340 g/mol. The molecule has 0 atom stereocenters. The highest BCUT2D eigenvalue weighted by molar-refractivity contribution is 14.4. The van der Waals surface area contributed by atoms with Gasteiger partial charge in [0, 0.05) is 61.4 Å². The standard InChI is InChI=1S/C71H41I3O2S/c1-74-69(53-23-15-30-61-64(53)51-20-5-11-28-59(51)75-61)72-68(73-70(74)54-24-14-22-50-49-19-7-13-31-63(49)77-67(50)54)66-44(38-39-62-65(66)52-21-6-12-29-60(52)76-62)42-34-32-41(33-35-42)43-36-37-48-47-18-4-10-27-57(47)71(58(48)40-43)55-25-8-2-16-45(55)46-17-3-9-26-56(46)71/h2-40H,1H2. The number of para-hydroxylation sites is 2. The summed E-state index contributed by atoms with van der Waals surface area (Å²) in [5.41, 5.74) is 23.1. The Labute approximate surface area is 474 Å². The topological polar surface area (TPSA) is 26.3 Å². The van der Waals surface area contributed by atoms with Gasteiger partial charge in [-0.05, 0) is 109 Å². The van der Waals surface area contributed by atoms with E-state index in [0.717, 1.165) is 22.3 Å². The lowest BCUT2D eigenvalue weighted by molar-refractivity contribution is 0.668. The van der Waals surface area contributed by atoms with Crippen molar-refractivity contribution in [3.05, 3.63) is 276 Å². The van der Waals surface area contributed by atoms with Gasteiger partial charge in [0.05, 0.1) is 6.93 Å². The maximum atomic E-state index is 6.81. The Bertz CT molecular complexity index is 5010. The number of fused-ring (bicyclic) bond motifs is 19. The Morgan fingerprint density at radius 3 is 1.60 bits per heavy atom. The van der Waals surface area contributed by atoms with Crippen LogP contribution < -0.4 is 0 Å². The number of halogens is 3. The van der Waals surface area contributed by atoms with Crippen LogP contribution in [-0.2, 0) is 5.41 Å². The molecule has 11 aromatic carbocycles. The molecule has 1 spiro atoms. The Morgan fingerprint density at radius 1 is 0.377 bits per heavy atom. The van der Waals surface area contributed by atoms with Crippen molar-refractivity contribution in [2.45, 2.75) is 5.41 Å². The number of hydrogen-bond acceptors (Lipinski definition) is 3. The van der Waals surface area contributed by atoms with Crippen molar-refractivity contribution in [3.63, 3.8) is 0 Å². The molecule has 17 rings (SSSR count). The average Bonchev–Trinajstić information content (AvgIpc) is 3.86. The second-order valence-corrected chi connectivity index (χ2v) is 36.9. The molecule has 1 aliphatic heterocycles. The Morgan fingerprint density at radius 2 is 0.883 bits per heavy atom. The van der Waals surface area contributed by atoms with Gasteiger partial charge in [-0.3, -0.25) is 0 Å². The molecule has 0 unspecified atom stereocenters. The highest BCUT2D eigenvalue weighted by Gasteiger charge is 2.51. The van der Waals surface area contributed by atoms with Gasteiger partial charge in [-0.25, -0.2) is 0 Å². The van der Waals surface area contributed by atoms with Crippen LogP contribution in [-0.4, -0.2) is 9.06 Å². The van der Waals surface area contributed by atoms with Gasteiger partial charge < -0.3 is 8.83 Å². The highest BCUT2D eigenvalue weighted by atomic mass is 127. The number of furan rings is 2. The smallest absolute Gasteiger partial charge is 0.136 e. The highest BCUT2D eigenvalue weighted by Crippen LogP contribution is 2.63. The molecule has 0 N–H and O–H groups in total. The molecule has 0 radical (unpaired) electrons. The molecular weight excluding hydrogens is 1300 g/mol. The van der Waals surface area contributed by atoms with Crippen LogP contribution in [0, 0.1) is 0 Å². The number of thiophene rings is 1. The SMILES string of the molecule is C=I1=C(c2cccc3c2sc2ccccc23)I=C(c2c(-c3ccc(-c4ccc5c(c4)C4(c6ccccc6-c6ccccc64)c4ccccc4-5)cc3)ccc3oc4ccccc4c23)I=C1c1cccc2oc3ccccc3c12. The van der Waals surface area contributed by atoms with Crippen molar-refractivity contribution in [1.29, 1.82) is 0 Å². The van der Waals surface area contributed by atoms with E-state index in [1.54, 1.807) is 4.55 Å². The van der Waals surface area contributed by atoms with Crippen LogP contribution in [0.15, 0.2) is 245 Å². The first-order valence-electron chi connectivity index (χ1n) is 25.8. The molecule has 0 fully saturated rings. The molecule has 2 nitrogen and oxygen atoms in total. The molecule has 4 heterocycles. The summed E-state index contributed by atoms with van der Waals surface area (Å²) in [6.45, 7) is 0. The van der Waals surface area contributed by atoms with Gasteiger partial charge >= 0.3 is 0 Å². The van der Waals surface area contributed by atoms with E-state index in [1.807, 2.05) is 11.3 Å². The molecule has 0 bridgehead atoms. The summed E-state index contributed by atoms with van der Waals surface area (Å²) in [4.78, 5) is 0. The van der Waals surface area contributed by atoms with E-state index in [9.17, 15) is 0 Å². The van der Waals surface area contributed by atoms with E-state index in [1.165, 1.54) is 125 Å². The third kappa shape index (κ3) is 6.44. The summed E-state index contributed by atoms with van der Waals surface area (Å²) in [6.07, 6.45) is 0. The van der Waals surface area contributed by atoms with Gasteiger partial charge in [-0.1, -0.05) is 240 Å². The quantitative estimate of drug-likeness (QED) is 0.161. The monoisotopic (exact) mass is 1340 g/mol. The number of hydrogen-bond donors (Lipinski definition) is 0. The second-order valence-electron chi connectivity index (χ2n) is 20.1. The molecule has 14 aromatic rings. The fourth-order valence-electron chi connectivity index (χ4n) is 13.0. The first-order chi connectivity index (χ1) is 38.1. The summed E-state index contributed by atoms with van der Waals surface area (Å²) < 4.78 is 26.3. The summed E-state index contributed by atoms with van der Waals surface area (Å²) in [6, 6.07) is 88.5. The third-order valence-corrected chi connectivity index (χ3v) is 37.1. The van der Waals surface area contributed by atoms with Crippen molar-refractivity contribution in [1.82, 2.24) is 0 Å². The minimum absolute atomic E-state index is 0.392. The predicted molar refractivity (Wildman–Crippen MR) is 355 cm³/mol. The van der Waals surface area contributed by atoms with Crippen LogP contribution >= 0.6 is 71.7 Å². The van der Waals surface area contributed by atoms with E-state index in [4.69, 9.17) is 13.3 Å². The lowest BCUT2D eigenvalue weighted by Gasteiger charge is -2.30. The van der Waals surface area contributed by atoms with Crippen molar-refractivity contribution >= 4 is 145 Å². The van der Waals surface area contributed by atoms with E-state index >= 15 is 0 Å². The fraction of sp³-hybridized carbons (Fsp3) is 0.0141. The number of rotatable bonds is 5. The molecule has 364 valence electrons. The zero-order valence-corrected chi connectivity index (χ0v) is 48.4. The molecule has 0 amide bonds. The van der Waals surface area contributed by atoms with Crippen LogP contribution in [0.2, 0.25) is 0 Å². The zero-order valence-electron chi connectivity index (χ0n) is 41.1. The molecule has 6 heteroatoms. The van der Waals surface area contributed by atoms with Crippen LogP contribution in [0.5, 0.6) is 0 Å². The van der Waals surface area contributed by atoms with Crippen LogP contribution in [0.1, 0.15) is 38.9 Å². The van der Waals surface area contributed by atoms with E-state index in [0.29, 0.717) is 0 Å². The maximum absolute atomic E-state index is 6.81. The van der Waals surface area contributed by atoms with Gasteiger partial charge in [0.2, 0.25) is 0 Å². The Kier molecular flexibility index (Phi) is 10.1. The molecule has 3 aromatic heterocycles. The third-order valence-electron chi connectivity index (χ3n) is 16.2. The van der Waals surface area contributed by atoms with Crippen molar-refractivity contribution < 1.29 is 8.83 Å². The summed E-state index contributed by atoms with van der Waals surface area (Å²) in [7, 11) is 0. The number of benzene rings is 11. The van der Waals surface area contributed by atoms with Crippen LogP contribution in [0.25, 0.3) is 109 Å². The van der Waals surface area contributed by atoms with Crippen molar-refractivity contribution in [2.24, 2.45) is 0 Å². The first-order valence-corrected chi connectivity index (χ1v) is 34.6. The maximum Gasteiger partial charge on any atom is 0.136 e. The lowest BCUT2D eigenvalue weighted by Crippen LogP contribution is -2.25. The van der Waals surface area contributed by atoms with E-state index < -0.39 is 65.7 Å². The lowest BCUT2D eigenvalue weighted by atomic mass is 9.70. The molecule has 2 aliphatic carbocycles. The molecule has 0 saturated carbocycles. The normalized spacial score (nSPS) is 14.7. The molecule has 0 saturated heterocycles. The van der Waals surface area contributed by atoms with Crippen molar-refractivity contribution in [2.75, 3.05) is 0 Å². The largest absolute Gasteiger partial charge is 0.456 e. The van der Waals surface area contributed by atoms with Gasteiger partial charge in [0.1, 0.15) is 22.3 Å². The van der Waals surface area contributed by atoms with E-state index in [-0.39, 0.29) is 0 Å². The predicted octanol–water partition coefficient (Wildman–Crippen LogP) is 20.3. The van der Waals surface area contributed by atoms with Gasteiger partial charge in [-0.2, -0.15) is 0 Å². The summed E-state index contributed by atoms with van der Waals surface area (Å²) in [5.74, 6) is 0. The fourth-order valence-corrected chi connectivity index (χ4v) is 41.9. The Hall–Kier alpha value is -7.09. The van der Waals surface area contributed by atoms with Gasteiger partial charge in [-0.15, -0.1) is 30.2 Å². The van der Waals surface area contributed by atoms with Gasteiger partial charge in [0.15, 0.2) is 0 Å². The summed E-state index contributed by atoms with van der Waals surface area (Å²) in [5, 5.41) is 7.50. The second kappa shape index (κ2) is 17.2.